The number of carbonyl (C=O) groups is 3. The zero-order chi connectivity index (χ0) is 31.3. The highest BCUT2D eigenvalue weighted by Gasteiger charge is 2.44. The van der Waals surface area contributed by atoms with Crippen LogP contribution in [0.2, 0.25) is 0 Å². The van der Waals surface area contributed by atoms with Crippen LogP contribution in [0.1, 0.15) is 23.7 Å². The summed E-state index contributed by atoms with van der Waals surface area (Å²) in [7, 11) is 1.82. The summed E-state index contributed by atoms with van der Waals surface area (Å²) in [5, 5.41) is 4.44. The predicted molar refractivity (Wildman–Crippen MR) is 144 cm³/mol. The highest BCUT2D eigenvalue weighted by molar-refractivity contribution is 5.98. The van der Waals surface area contributed by atoms with Crippen molar-refractivity contribution in [2.24, 2.45) is 7.05 Å². The van der Waals surface area contributed by atoms with E-state index >= 15 is 0 Å². The first-order valence-corrected chi connectivity index (χ1v) is 13.3. The number of piperidine rings is 1. The van der Waals surface area contributed by atoms with Gasteiger partial charge >= 0.3 is 24.2 Å². The molecule has 2 N–H and O–H groups in total. The molecule has 228 valence electrons. The number of carbonyl (C=O) groups excluding carboxylic acids is 3. The Morgan fingerprint density at radius 1 is 0.884 bits per heavy atom. The number of likely N-dealkylation sites (tertiary alicyclic amines) is 1. The topological polar surface area (TPSA) is 101 Å². The van der Waals surface area contributed by atoms with E-state index < -0.39 is 61.7 Å². The van der Waals surface area contributed by atoms with Gasteiger partial charge in [0.1, 0.15) is 0 Å². The van der Waals surface area contributed by atoms with Crippen molar-refractivity contribution in [2.75, 3.05) is 13.1 Å². The first-order chi connectivity index (χ1) is 20.2. The van der Waals surface area contributed by atoms with Crippen molar-refractivity contribution in [3.05, 3.63) is 54.1 Å². The normalized spacial score (nSPS) is 17.8. The van der Waals surface area contributed by atoms with Gasteiger partial charge in [-0.2, -0.15) is 26.3 Å². The molecule has 3 heterocycles. The maximum Gasteiger partial charge on any atom is 0.471 e. The molecule has 1 unspecified atom stereocenters. The van der Waals surface area contributed by atoms with Crippen molar-refractivity contribution in [2.45, 2.75) is 44.3 Å². The number of para-hydroxylation sites is 1. The molecule has 43 heavy (non-hydrogen) atoms. The van der Waals surface area contributed by atoms with Crippen LogP contribution in [-0.2, 0) is 23.2 Å². The molecule has 0 spiro atoms. The van der Waals surface area contributed by atoms with Crippen molar-refractivity contribution < 1.29 is 40.7 Å². The molecule has 0 saturated carbocycles. The number of nitrogens with zero attached hydrogens (tertiary/aromatic N) is 4. The fourth-order valence-corrected chi connectivity index (χ4v) is 5.49. The number of alkyl halides is 6. The summed E-state index contributed by atoms with van der Waals surface area (Å²) < 4.78 is 81.2. The van der Waals surface area contributed by atoms with Gasteiger partial charge in [0, 0.05) is 55.2 Å². The Morgan fingerprint density at radius 2 is 1.49 bits per heavy atom. The third-order valence-electron chi connectivity index (χ3n) is 7.41. The SMILES string of the molecule is CCn1c(-c2nc3cc(C(=O)N4CC(NC(=O)C(F)(F)F)C[C@H](NC(=O)C(F)(F)F)C4)ccc3n2C)cc2ccccc21. The lowest BCUT2D eigenvalue weighted by molar-refractivity contribution is -0.176. The van der Waals surface area contributed by atoms with Crippen LogP contribution >= 0.6 is 0 Å². The van der Waals surface area contributed by atoms with Crippen LogP contribution in [-0.4, -0.2) is 74.3 Å². The van der Waals surface area contributed by atoms with E-state index in [-0.39, 0.29) is 5.56 Å². The molecule has 0 aliphatic carbocycles. The van der Waals surface area contributed by atoms with Gasteiger partial charge in [-0.05, 0) is 43.7 Å². The van der Waals surface area contributed by atoms with E-state index in [1.54, 1.807) is 16.7 Å². The van der Waals surface area contributed by atoms with Gasteiger partial charge in [-0.25, -0.2) is 4.98 Å². The monoisotopic (exact) mass is 608 g/mol. The zero-order valence-corrected chi connectivity index (χ0v) is 22.9. The van der Waals surface area contributed by atoms with Crippen LogP contribution in [0.5, 0.6) is 0 Å². The van der Waals surface area contributed by atoms with Crippen molar-refractivity contribution in [3.8, 4) is 11.5 Å². The predicted octanol–water partition coefficient (Wildman–Crippen LogP) is 4.16. The molecule has 2 aromatic carbocycles. The number of nitrogens with one attached hydrogen (secondary N) is 2. The summed E-state index contributed by atoms with van der Waals surface area (Å²) in [6.07, 6.45) is -10.9. The highest BCUT2D eigenvalue weighted by Crippen LogP contribution is 2.30. The van der Waals surface area contributed by atoms with Crippen molar-refractivity contribution in [3.63, 3.8) is 0 Å². The first-order valence-electron chi connectivity index (χ1n) is 13.3. The quantitative estimate of drug-likeness (QED) is 0.333. The van der Waals surface area contributed by atoms with E-state index in [1.165, 1.54) is 12.1 Å². The molecule has 1 aliphatic rings. The Hall–Kier alpha value is -4.56. The maximum absolute atomic E-state index is 13.5. The molecular formula is C28H26F6N6O3. The molecule has 15 heteroatoms. The van der Waals surface area contributed by atoms with Crippen LogP contribution in [0.3, 0.4) is 0 Å². The number of imidazole rings is 1. The molecule has 0 bridgehead atoms. The summed E-state index contributed by atoms with van der Waals surface area (Å²) in [4.78, 5) is 42.3. The fraction of sp³-hybridized carbons (Fsp3) is 0.357. The first kappa shape index (κ1) is 29.9. The van der Waals surface area contributed by atoms with E-state index in [4.69, 9.17) is 4.98 Å². The number of aryl methyl sites for hydroxylation is 2. The van der Waals surface area contributed by atoms with E-state index in [0.29, 0.717) is 23.4 Å². The van der Waals surface area contributed by atoms with E-state index in [1.807, 2.05) is 48.9 Å². The van der Waals surface area contributed by atoms with Crippen LogP contribution in [0.4, 0.5) is 26.3 Å². The van der Waals surface area contributed by atoms with E-state index in [0.717, 1.165) is 21.5 Å². The second-order valence-corrected chi connectivity index (χ2v) is 10.3. The fourth-order valence-electron chi connectivity index (χ4n) is 5.49. The van der Waals surface area contributed by atoms with Crippen LogP contribution in [0.15, 0.2) is 48.5 Å². The summed E-state index contributed by atoms with van der Waals surface area (Å²) in [6, 6.07) is 11.7. The number of aromatic nitrogens is 3. The average molecular weight is 609 g/mol. The number of fused-ring (bicyclic) bond motifs is 2. The number of amides is 3. The number of halogens is 6. The lowest BCUT2D eigenvalue weighted by Crippen LogP contribution is -2.60. The van der Waals surface area contributed by atoms with Gasteiger partial charge in [0.2, 0.25) is 0 Å². The summed E-state index contributed by atoms with van der Waals surface area (Å²) in [6.45, 7) is 1.84. The third-order valence-corrected chi connectivity index (χ3v) is 7.41. The molecule has 2 aromatic heterocycles. The Bertz CT molecular complexity index is 1690. The minimum Gasteiger partial charge on any atom is -0.344 e. The maximum atomic E-state index is 13.5. The van der Waals surface area contributed by atoms with Crippen LogP contribution in [0, 0.1) is 0 Å². The third kappa shape index (κ3) is 5.88. The molecule has 4 aromatic rings. The molecule has 5 rings (SSSR count). The van der Waals surface area contributed by atoms with Gasteiger partial charge in [0.15, 0.2) is 5.82 Å². The minimum atomic E-state index is -5.25. The van der Waals surface area contributed by atoms with Gasteiger partial charge in [-0.3, -0.25) is 14.4 Å². The zero-order valence-electron chi connectivity index (χ0n) is 22.9. The average Bonchev–Trinajstić information content (AvgIpc) is 3.48. The van der Waals surface area contributed by atoms with Gasteiger partial charge in [-0.1, -0.05) is 18.2 Å². The summed E-state index contributed by atoms with van der Waals surface area (Å²) in [5.41, 5.74) is 3.07. The number of hydrogen-bond donors (Lipinski definition) is 2. The molecule has 9 nitrogen and oxygen atoms in total. The molecular weight excluding hydrogens is 582 g/mol. The standard InChI is InChI=1S/C28H26F6N6O3/c1-3-40-20-7-5-4-6-15(20)11-22(40)23-37-19-10-16(8-9-21(19)38(23)2)24(41)39-13-17(35-25(42)27(29,30)31)12-18(14-39)36-26(43)28(32,33)34/h4-11,17-18H,3,12-14H2,1-2H3,(H,35,42)(H,36,43)/t17-,18?/m0/s1. The summed E-state index contributed by atoms with van der Waals surface area (Å²) in [5.74, 6) is -4.70. The highest BCUT2D eigenvalue weighted by atomic mass is 19.4. The summed E-state index contributed by atoms with van der Waals surface area (Å²) >= 11 is 0. The van der Waals surface area contributed by atoms with Crippen LogP contribution in [0.25, 0.3) is 33.5 Å². The molecule has 1 fully saturated rings. The lowest BCUT2D eigenvalue weighted by Gasteiger charge is -2.38. The van der Waals surface area contributed by atoms with Gasteiger partial charge in [0.25, 0.3) is 5.91 Å². The number of rotatable bonds is 5. The Balaban J connectivity index is 1.45. The van der Waals surface area contributed by atoms with Gasteiger partial charge in [-0.15, -0.1) is 0 Å². The van der Waals surface area contributed by atoms with Gasteiger partial charge < -0.3 is 24.7 Å². The number of hydrogen-bond acceptors (Lipinski definition) is 4. The minimum absolute atomic E-state index is 0.0804. The second kappa shape index (κ2) is 10.9. The Kier molecular flexibility index (Phi) is 7.60. The molecule has 2 atom stereocenters. The number of benzene rings is 2. The smallest absolute Gasteiger partial charge is 0.344 e. The largest absolute Gasteiger partial charge is 0.471 e. The lowest BCUT2D eigenvalue weighted by atomic mass is 9.99. The van der Waals surface area contributed by atoms with Gasteiger partial charge in [0.05, 0.1) is 16.7 Å². The van der Waals surface area contributed by atoms with Crippen molar-refractivity contribution in [1.29, 1.82) is 0 Å². The Labute approximate surface area is 240 Å². The molecule has 3 amide bonds. The molecule has 1 saturated heterocycles. The second-order valence-electron chi connectivity index (χ2n) is 10.3. The molecule has 1 aliphatic heterocycles. The van der Waals surface area contributed by atoms with E-state index in [9.17, 15) is 40.7 Å². The van der Waals surface area contributed by atoms with E-state index in [2.05, 4.69) is 4.57 Å². The van der Waals surface area contributed by atoms with Crippen molar-refractivity contribution >= 4 is 39.7 Å². The van der Waals surface area contributed by atoms with Crippen molar-refractivity contribution in [1.82, 2.24) is 29.7 Å². The molecule has 0 radical (unpaired) electrons. The van der Waals surface area contributed by atoms with Crippen LogP contribution < -0.4 is 10.6 Å². The Morgan fingerprint density at radius 3 is 2.07 bits per heavy atom.